The standard InChI is InChI=1S/C16H20FN3O2/c1-11-4-5-13-19-14(15(17)20(13)9-11)16(21)18-7-2-3-12-6-8-22-10-12/h4-5,9,12H,2-3,6-8,10H2,1H3,(H,18,21)/t12-/m1/s1. The molecule has 1 amide bonds. The smallest absolute Gasteiger partial charge is 0.274 e. The average Bonchev–Trinajstić information content (AvgIpc) is 3.12. The lowest BCUT2D eigenvalue weighted by atomic mass is 10.0. The van der Waals surface area contributed by atoms with Crippen molar-refractivity contribution in [2.45, 2.75) is 26.2 Å². The molecular formula is C16H20FN3O2. The van der Waals surface area contributed by atoms with E-state index in [1.807, 2.05) is 13.0 Å². The van der Waals surface area contributed by atoms with Crippen molar-refractivity contribution in [3.05, 3.63) is 35.5 Å². The summed E-state index contributed by atoms with van der Waals surface area (Å²) < 4.78 is 20.9. The number of hydrogen-bond donors (Lipinski definition) is 1. The van der Waals surface area contributed by atoms with Crippen molar-refractivity contribution in [1.82, 2.24) is 14.7 Å². The topological polar surface area (TPSA) is 55.6 Å². The number of nitrogens with one attached hydrogen (secondary N) is 1. The van der Waals surface area contributed by atoms with Crippen molar-refractivity contribution in [2.24, 2.45) is 5.92 Å². The van der Waals surface area contributed by atoms with Crippen molar-refractivity contribution in [3.63, 3.8) is 0 Å². The van der Waals surface area contributed by atoms with Crippen LogP contribution >= 0.6 is 0 Å². The van der Waals surface area contributed by atoms with Crippen LogP contribution in [0.3, 0.4) is 0 Å². The number of aryl methyl sites for hydroxylation is 1. The first-order valence-corrected chi connectivity index (χ1v) is 7.65. The number of nitrogens with zero attached hydrogens (tertiary/aromatic N) is 2. The van der Waals surface area contributed by atoms with E-state index in [4.69, 9.17) is 4.74 Å². The second-order valence-corrected chi connectivity index (χ2v) is 5.81. The van der Waals surface area contributed by atoms with Gasteiger partial charge in [-0.1, -0.05) is 6.07 Å². The van der Waals surface area contributed by atoms with Gasteiger partial charge in [0.25, 0.3) is 5.91 Å². The Morgan fingerprint density at radius 1 is 1.55 bits per heavy atom. The molecule has 6 heteroatoms. The van der Waals surface area contributed by atoms with Crippen LogP contribution in [0.1, 0.15) is 35.3 Å². The Hall–Kier alpha value is -1.95. The lowest BCUT2D eigenvalue weighted by Crippen LogP contribution is -2.26. The molecule has 118 valence electrons. The second kappa shape index (κ2) is 6.44. The lowest BCUT2D eigenvalue weighted by molar-refractivity contribution is 0.0943. The number of pyridine rings is 1. The summed E-state index contributed by atoms with van der Waals surface area (Å²) in [6, 6.07) is 3.54. The molecule has 1 saturated heterocycles. The Morgan fingerprint density at radius 3 is 3.18 bits per heavy atom. The monoisotopic (exact) mass is 305 g/mol. The molecule has 5 nitrogen and oxygen atoms in total. The number of halogens is 1. The highest BCUT2D eigenvalue weighted by Gasteiger charge is 2.19. The quantitative estimate of drug-likeness (QED) is 0.863. The number of amides is 1. The molecule has 3 heterocycles. The van der Waals surface area contributed by atoms with Gasteiger partial charge >= 0.3 is 0 Å². The maximum absolute atomic E-state index is 14.2. The molecule has 1 fully saturated rings. The minimum Gasteiger partial charge on any atom is -0.381 e. The van der Waals surface area contributed by atoms with E-state index in [0.29, 0.717) is 18.1 Å². The molecule has 0 aromatic carbocycles. The third kappa shape index (κ3) is 3.11. The first-order chi connectivity index (χ1) is 10.6. The van der Waals surface area contributed by atoms with Crippen molar-refractivity contribution in [2.75, 3.05) is 19.8 Å². The van der Waals surface area contributed by atoms with E-state index in [0.717, 1.165) is 38.0 Å². The SMILES string of the molecule is Cc1ccc2nc(C(=O)NCCC[C@@H]3CCOC3)c(F)n2c1. The number of hydrogen-bond acceptors (Lipinski definition) is 3. The summed E-state index contributed by atoms with van der Waals surface area (Å²) in [5.41, 5.74) is 1.21. The van der Waals surface area contributed by atoms with E-state index in [9.17, 15) is 9.18 Å². The Bertz CT molecular complexity index is 677. The second-order valence-electron chi connectivity index (χ2n) is 5.81. The fraction of sp³-hybridized carbons (Fsp3) is 0.500. The van der Waals surface area contributed by atoms with Crippen LogP contribution in [-0.2, 0) is 4.74 Å². The van der Waals surface area contributed by atoms with Gasteiger partial charge in [-0.2, -0.15) is 4.39 Å². The average molecular weight is 305 g/mol. The molecule has 0 unspecified atom stereocenters. The molecule has 0 bridgehead atoms. The number of aromatic nitrogens is 2. The van der Waals surface area contributed by atoms with Crippen LogP contribution in [0.15, 0.2) is 18.3 Å². The van der Waals surface area contributed by atoms with Crippen LogP contribution in [0.2, 0.25) is 0 Å². The van der Waals surface area contributed by atoms with Crippen LogP contribution in [0, 0.1) is 18.8 Å². The molecule has 1 aliphatic heterocycles. The van der Waals surface area contributed by atoms with Gasteiger partial charge < -0.3 is 10.1 Å². The molecule has 0 aliphatic carbocycles. The van der Waals surface area contributed by atoms with E-state index in [-0.39, 0.29) is 5.69 Å². The Morgan fingerprint density at radius 2 is 2.41 bits per heavy atom. The summed E-state index contributed by atoms with van der Waals surface area (Å²) in [6.07, 6.45) is 4.61. The first kappa shape index (κ1) is 15.0. The fourth-order valence-corrected chi connectivity index (χ4v) is 2.75. The molecule has 1 atom stereocenters. The zero-order valence-corrected chi connectivity index (χ0v) is 12.6. The zero-order valence-electron chi connectivity index (χ0n) is 12.6. The number of fused-ring (bicyclic) bond motifs is 1. The van der Waals surface area contributed by atoms with Gasteiger partial charge in [-0.3, -0.25) is 9.20 Å². The van der Waals surface area contributed by atoms with Gasteiger partial charge in [0.2, 0.25) is 5.95 Å². The maximum Gasteiger partial charge on any atom is 0.274 e. The zero-order chi connectivity index (χ0) is 15.5. The highest BCUT2D eigenvalue weighted by Crippen LogP contribution is 2.17. The Kier molecular flexibility index (Phi) is 4.38. The van der Waals surface area contributed by atoms with Crippen LogP contribution in [0.5, 0.6) is 0 Å². The van der Waals surface area contributed by atoms with Gasteiger partial charge in [-0.15, -0.1) is 0 Å². The Labute approximate surface area is 128 Å². The summed E-state index contributed by atoms with van der Waals surface area (Å²) in [7, 11) is 0. The first-order valence-electron chi connectivity index (χ1n) is 7.65. The van der Waals surface area contributed by atoms with E-state index < -0.39 is 11.9 Å². The van der Waals surface area contributed by atoms with Gasteiger partial charge in [0.05, 0.1) is 0 Å². The maximum atomic E-state index is 14.2. The minimum atomic E-state index is -0.611. The minimum absolute atomic E-state index is 0.144. The van der Waals surface area contributed by atoms with Crippen LogP contribution < -0.4 is 5.32 Å². The largest absolute Gasteiger partial charge is 0.381 e. The van der Waals surface area contributed by atoms with Gasteiger partial charge in [0.15, 0.2) is 5.69 Å². The van der Waals surface area contributed by atoms with Gasteiger partial charge in [0.1, 0.15) is 5.65 Å². The van der Waals surface area contributed by atoms with E-state index in [1.54, 1.807) is 12.3 Å². The molecule has 0 saturated carbocycles. The molecular weight excluding hydrogens is 285 g/mol. The molecule has 2 aromatic rings. The molecule has 0 radical (unpaired) electrons. The molecule has 1 aliphatic rings. The third-order valence-electron chi connectivity index (χ3n) is 4.02. The van der Waals surface area contributed by atoms with Gasteiger partial charge in [-0.25, -0.2) is 4.98 Å². The highest BCUT2D eigenvalue weighted by atomic mass is 19.1. The van der Waals surface area contributed by atoms with Gasteiger partial charge in [0, 0.05) is 26.0 Å². The lowest BCUT2D eigenvalue weighted by Gasteiger charge is -2.07. The van der Waals surface area contributed by atoms with E-state index in [2.05, 4.69) is 10.3 Å². The van der Waals surface area contributed by atoms with Crippen LogP contribution in [-0.4, -0.2) is 35.1 Å². The van der Waals surface area contributed by atoms with Crippen LogP contribution in [0.25, 0.3) is 5.65 Å². The summed E-state index contributed by atoms with van der Waals surface area (Å²) in [5.74, 6) is -0.478. The van der Waals surface area contributed by atoms with Crippen LogP contribution in [0.4, 0.5) is 4.39 Å². The number of carbonyl (C=O) groups excluding carboxylic acids is 1. The van der Waals surface area contributed by atoms with E-state index in [1.165, 1.54) is 4.40 Å². The third-order valence-corrected chi connectivity index (χ3v) is 4.02. The highest BCUT2D eigenvalue weighted by molar-refractivity contribution is 5.93. The molecule has 22 heavy (non-hydrogen) atoms. The number of imidazole rings is 1. The molecule has 2 aromatic heterocycles. The molecule has 0 spiro atoms. The normalized spacial score (nSPS) is 18.0. The van der Waals surface area contributed by atoms with E-state index >= 15 is 0 Å². The summed E-state index contributed by atoms with van der Waals surface area (Å²) in [5, 5.41) is 2.74. The van der Waals surface area contributed by atoms with Crippen molar-refractivity contribution in [3.8, 4) is 0 Å². The summed E-state index contributed by atoms with van der Waals surface area (Å²) in [4.78, 5) is 16.1. The summed E-state index contributed by atoms with van der Waals surface area (Å²) >= 11 is 0. The number of ether oxygens (including phenoxy) is 1. The number of carbonyl (C=O) groups is 1. The van der Waals surface area contributed by atoms with Crippen molar-refractivity contribution in [1.29, 1.82) is 0 Å². The molecule has 3 rings (SSSR count). The predicted molar refractivity (Wildman–Crippen MR) is 80.4 cm³/mol. The van der Waals surface area contributed by atoms with Crippen molar-refractivity contribution >= 4 is 11.6 Å². The summed E-state index contributed by atoms with van der Waals surface area (Å²) in [6.45, 7) is 4.05. The number of rotatable bonds is 5. The van der Waals surface area contributed by atoms with Crippen molar-refractivity contribution < 1.29 is 13.9 Å². The Balaban J connectivity index is 1.58. The van der Waals surface area contributed by atoms with Gasteiger partial charge in [-0.05, 0) is 43.7 Å². The predicted octanol–water partition coefficient (Wildman–Crippen LogP) is 2.33. The molecule has 1 N–H and O–H groups in total. The fourth-order valence-electron chi connectivity index (χ4n) is 2.75.